The van der Waals surface area contributed by atoms with E-state index in [-0.39, 0.29) is 30.2 Å². The Kier molecular flexibility index (Phi) is 3.57. The fourth-order valence-electron chi connectivity index (χ4n) is 3.48. The molecule has 0 aromatic heterocycles. The van der Waals surface area contributed by atoms with Crippen LogP contribution in [0.25, 0.3) is 0 Å². The molecule has 2 atom stereocenters. The van der Waals surface area contributed by atoms with Crippen LogP contribution in [0.1, 0.15) is 31.2 Å². The summed E-state index contributed by atoms with van der Waals surface area (Å²) in [5, 5.41) is 0. The van der Waals surface area contributed by atoms with Crippen LogP contribution >= 0.6 is 0 Å². The number of nitrogens with two attached hydrogens (primary N) is 1. The average molecular weight is 288 g/mol. The maximum atomic E-state index is 12.5. The predicted molar refractivity (Wildman–Crippen MR) is 78.4 cm³/mol. The summed E-state index contributed by atoms with van der Waals surface area (Å²) >= 11 is 0. The minimum Gasteiger partial charge on any atom is -0.496 e. The molecule has 1 aliphatic heterocycles. The van der Waals surface area contributed by atoms with E-state index in [2.05, 4.69) is 0 Å². The molecule has 1 aromatic rings. The smallest absolute Gasteiger partial charge is 0.233 e. The number of benzene rings is 1. The van der Waals surface area contributed by atoms with Crippen LogP contribution in [0.15, 0.2) is 18.2 Å². The van der Waals surface area contributed by atoms with Gasteiger partial charge in [0.1, 0.15) is 5.75 Å². The maximum Gasteiger partial charge on any atom is 0.233 e. The molecule has 21 heavy (non-hydrogen) atoms. The summed E-state index contributed by atoms with van der Waals surface area (Å²) in [6.45, 7) is 0.249. The first kappa shape index (κ1) is 13.9. The highest BCUT2D eigenvalue weighted by Gasteiger charge is 2.48. The van der Waals surface area contributed by atoms with Crippen LogP contribution in [0.4, 0.5) is 5.69 Å². The minimum atomic E-state index is -0.113. The highest BCUT2D eigenvalue weighted by molar-refractivity contribution is 6.05. The van der Waals surface area contributed by atoms with Gasteiger partial charge >= 0.3 is 0 Å². The quantitative estimate of drug-likeness (QED) is 0.681. The molecule has 2 fully saturated rings. The van der Waals surface area contributed by atoms with Gasteiger partial charge in [0.2, 0.25) is 11.8 Å². The number of likely N-dealkylation sites (tertiary alicyclic amines) is 1. The molecule has 1 heterocycles. The summed E-state index contributed by atoms with van der Waals surface area (Å²) in [6.07, 6.45) is 3.74. The van der Waals surface area contributed by atoms with Crippen LogP contribution in [-0.2, 0) is 16.1 Å². The number of methoxy groups -OCH3 is 1. The number of carbonyl (C=O) groups excluding carboxylic acids is 2. The van der Waals surface area contributed by atoms with E-state index in [0.717, 1.165) is 31.2 Å². The molecule has 112 valence electrons. The summed E-state index contributed by atoms with van der Waals surface area (Å²) in [5.74, 6) is 0.361. The zero-order chi connectivity index (χ0) is 15.0. The number of amides is 2. The molecule has 0 bridgehead atoms. The Morgan fingerprint density at radius 2 is 1.81 bits per heavy atom. The average Bonchev–Trinajstić information content (AvgIpc) is 2.73. The first-order valence-corrected chi connectivity index (χ1v) is 7.39. The lowest BCUT2D eigenvalue weighted by Crippen LogP contribution is -2.30. The number of carbonyl (C=O) groups is 2. The van der Waals surface area contributed by atoms with Gasteiger partial charge in [-0.3, -0.25) is 14.5 Å². The van der Waals surface area contributed by atoms with Gasteiger partial charge < -0.3 is 10.5 Å². The predicted octanol–water partition coefficient (Wildman–Crippen LogP) is 1.95. The third kappa shape index (κ3) is 2.37. The van der Waals surface area contributed by atoms with Crippen molar-refractivity contribution in [3.05, 3.63) is 23.8 Å². The molecule has 5 heteroatoms. The van der Waals surface area contributed by atoms with Crippen molar-refractivity contribution in [1.29, 1.82) is 0 Å². The Morgan fingerprint density at radius 1 is 1.19 bits per heavy atom. The number of nitrogen functional groups attached to an aromatic ring is 1. The fourth-order valence-corrected chi connectivity index (χ4v) is 3.48. The number of hydrogen-bond acceptors (Lipinski definition) is 4. The van der Waals surface area contributed by atoms with Crippen molar-refractivity contribution in [3.63, 3.8) is 0 Å². The number of nitrogens with zero attached hydrogens (tertiary/aromatic N) is 1. The SMILES string of the molecule is COc1ccc(N)cc1CN1C(=O)C2CCCCC2C1=O. The Labute approximate surface area is 124 Å². The van der Waals surface area contributed by atoms with E-state index in [9.17, 15) is 9.59 Å². The van der Waals surface area contributed by atoms with E-state index >= 15 is 0 Å². The fraction of sp³-hybridized carbons (Fsp3) is 0.500. The third-order valence-electron chi connectivity index (χ3n) is 4.57. The number of imide groups is 1. The van der Waals surface area contributed by atoms with Gasteiger partial charge in [0.25, 0.3) is 0 Å². The molecule has 2 amide bonds. The van der Waals surface area contributed by atoms with Crippen LogP contribution in [0.5, 0.6) is 5.75 Å². The maximum absolute atomic E-state index is 12.5. The summed E-state index contributed by atoms with van der Waals surface area (Å²) in [6, 6.07) is 5.28. The second-order valence-corrected chi connectivity index (χ2v) is 5.83. The number of rotatable bonds is 3. The standard InChI is InChI=1S/C16H20N2O3/c1-21-14-7-6-11(17)8-10(14)9-18-15(19)12-4-2-3-5-13(12)16(18)20/h6-8,12-13H,2-5,9,17H2,1H3. The first-order valence-electron chi connectivity index (χ1n) is 7.39. The molecule has 2 aliphatic rings. The van der Waals surface area contributed by atoms with Gasteiger partial charge in [0, 0.05) is 11.3 Å². The van der Waals surface area contributed by atoms with E-state index in [1.807, 2.05) is 0 Å². The van der Waals surface area contributed by atoms with Crippen LogP contribution in [0, 0.1) is 11.8 Å². The number of ether oxygens (including phenoxy) is 1. The van der Waals surface area contributed by atoms with Crippen molar-refractivity contribution in [2.75, 3.05) is 12.8 Å². The number of fused-ring (bicyclic) bond motifs is 1. The van der Waals surface area contributed by atoms with E-state index in [0.29, 0.717) is 11.4 Å². The molecular formula is C16H20N2O3. The highest BCUT2D eigenvalue weighted by atomic mass is 16.5. The second-order valence-electron chi connectivity index (χ2n) is 5.83. The highest BCUT2D eigenvalue weighted by Crippen LogP contribution is 2.39. The molecule has 2 N–H and O–H groups in total. The lowest BCUT2D eigenvalue weighted by atomic mass is 9.81. The van der Waals surface area contributed by atoms with Crippen LogP contribution in [0.2, 0.25) is 0 Å². The minimum absolute atomic E-state index is 0.0332. The summed E-state index contributed by atoms with van der Waals surface area (Å²) in [7, 11) is 1.57. The summed E-state index contributed by atoms with van der Waals surface area (Å²) < 4.78 is 5.29. The van der Waals surface area contributed by atoms with Crippen molar-refractivity contribution in [3.8, 4) is 5.75 Å². The Balaban J connectivity index is 1.86. The lowest BCUT2D eigenvalue weighted by Gasteiger charge is -2.19. The van der Waals surface area contributed by atoms with Gasteiger partial charge in [-0.15, -0.1) is 0 Å². The van der Waals surface area contributed by atoms with Crippen molar-refractivity contribution in [2.45, 2.75) is 32.2 Å². The molecular weight excluding hydrogens is 268 g/mol. The molecule has 5 nitrogen and oxygen atoms in total. The van der Waals surface area contributed by atoms with E-state index < -0.39 is 0 Å². The normalized spacial score (nSPS) is 25.1. The first-order chi connectivity index (χ1) is 10.1. The summed E-state index contributed by atoms with van der Waals surface area (Å²) in [4.78, 5) is 26.3. The zero-order valence-electron chi connectivity index (χ0n) is 12.2. The molecule has 3 rings (SSSR count). The Morgan fingerprint density at radius 3 is 2.38 bits per heavy atom. The topological polar surface area (TPSA) is 72.6 Å². The van der Waals surface area contributed by atoms with Gasteiger partial charge in [-0.05, 0) is 31.0 Å². The van der Waals surface area contributed by atoms with Gasteiger partial charge in [-0.1, -0.05) is 12.8 Å². The summed E-state index contributed by atoms with van der Waals surface area (Å²) in [5.41, 5.74) is 7.17. The van der Waals surface area contributed by atoms with Crippen LogP contribution < -0.4 is 10.5 Å². The molecule has 1 aromatic carbocycles. The van der Waals surface area contributed by atoms with E-state index in [1.165, 1.54) is 4.90 Å². The van der Waals surface area contributed by atoms with Gasteiger partial charge in [0.15, 0.2) is 0 Å². The van der Waals surface area contributed by atoms with Crippen LogP contribution in [-0.4, -0.2) is 23.8 Å². The molecule has 2 unspecified atom stereocenters. The molecule has 1 saturated carbocycles. The molecule has 1 saturated heterocycles. The lowest BCUT2D eigenvalue weighted by molar-refractivity contribution is -0.140. The number of hydrogen-bond donors (Lipinski definition) is 1. The van der Waals surface area contributed by atoms with Crippen LogP contribution in [0.3, 0.4) is 0 Å². The molecule has 1 aliphatic carbocycles. The van der Waals surface area contributed by atoms with Crippen molar-refractivity contribution in [1.82, 2.24) is 4.90 Å². The van der Waals surface area contributed by atoms with E-state index in [1.54, 1.807) is 25.3 Å². The van der Waals surface area contributed by atoms with Gasteiger partial charge in [0.05, 0.1) is 25.5 Å². The number of anilines is 1. The third-order valence-corrected chi connectivity index (χ3v) is 4.57. The second kappa shape index (κ2) is 5.39. The van der Waals surface area contributed by atoms with E-state index in [4.69, 9.17) is 10.5 Å². The van der Waals surface area contributed by atoms with Gasteiger partial charge in [-0.2, -0.15) is 0 Å². The largest absolute Gasteiger partial charge is 0.496 e. The molecule has 0 spiro atoms. The molecule has 0 radical (unpaired) electrons. The van der Waals surface area contributed by atoms with Crippen molar-refractivity contribution < 1.29 is 14.3 Å². The van der Waals surface area contributed by atoms with Crippen molar-refractivity contribution in [2.24, 2.45) is 11.8 Å². The Bertz CT molecular complexity index is 561. The van der Waals surface area contributed by atoms with Crippen molar-refractivity contribution >= 4 is 17.5 Å². The Hall–Kier alpha value is -2.04. The monoisotopic (exact) mass is 288 g/mol. The van der Waals surface area contributed by atoms with Gasteiger partial charge in [-0.25, -0.2) is 0 Å². The zero-order valence-corrected chi connectivity index (χ0v) is 12.2.